The summed E-state index contributed by atoms with van der Waals surface area (Å²) >= 11 is 6.30. The van der Waals surface area contributed by atoms with Gasteiger partial charge in [0.05, 0.1) is 30.1 Å². The lowest BCUT2D eigenvalue weighted by molar-refractivity contribution is -0.132. The van der Waals surface area contributed by atoms with Crippen LogP contribution in [0.15, 0.2) is 36.4 Å². The number of aryl methyl sites for hydroxylation is 1. The standard InChI is InChI=1S/C27H36ClN5O4S/c1-19(2)31-12-5-13-33(38(4,35)36)25-16-21(28)7-6-20(25)18-32(15-14-31)27(34)11-10-26-29-23-9-8-22(37-3)17-24(23)30-26/h6-9,16-17,19H,5,10-15,18H2,1-4H3,(H,29,30). The van der Waals surface area contributed by atoms with Gasteiger partial charge in [0.1, 0.15) is 11.6 Å². The second-order valence-corrected chi connectivity index (χ2v) is 12.3. The molecule has 0 saturated carbocycles. The molecule has 0 saturated heterocycles. The second kappa shape index (κ2) is 11.9. The lowest BCUT2D eigenvalue weighted by Crippen LogP contribution is -2.41. The highest BCUT2D eigenvalue weighted by molar-refractivity contribution is 7.92. The van der Waals surface area contributed by atoms with Crippen LogP contribution in [0.4, 0.5) is 5.69 Å². The molecular weight excluding hydrogens is 526 g/mol. The Bertz CT molecular complexity index is 1390. The summed E-state index contributed by atoms with van der Waals surface area (Å²) in [4.78, 5) is 25.6. The zero-order valence-corrected chi connectivity index (χ0v) is 24.0. The quantitative estimate of drug-likeness (QED) is 0.487. The van der Waals surface area contributed by atoms with Crippen molar-refractivity contribution >= 4 is 44.3 Å². The molecule has 4 rings (SSSR count). The van der Waals surface area contributed by atoms with Gasteiger partial charge in [0, 0.05) is 62.7 Å². The number of carbonyl (C=O) groups is 1. The van der Waals surface area contributed by atoms with E-state index in [0.717, 1.165) is 34.7 Å². The molecule has 38 heavy (non-hydrogen) atoms. The minimum Gasteiger partial charge on any atom is -0.497 e. The summed E-state index contributed by atoms with van der Waals surface area (Å²) in [5.41, 5.74) is 2.97. The number of nitrogens with zero attached hydrogens (tertiary/aromatic N) is 4. The van der Waals surface area contributed by atoms with Crippen molar-refractivity contribution in [2.75, 3.05) is 43.8 Å². The number of hydrogen-bond acceptors (Lipinski definition) is 6. The maximum atomic E-state index is 13.6. The third-order valence-corrected chi connectivity index (χ3v) is 8.35. The summed E-state index contributed by atoms with van der Waals surface area (Å²) < 4.78 is 32.3. The van der Waals surface area contributed by atoms with Crippen LogP contribution in [0.5, 0.6) is 5.75 Å². The van der Waals surface area contributed by atoms with E-state index in [1.165, 1.54) is 10.6 Å². The minimum absolute atomic E-state index is 0.0159. The van der Waals surface area contributed by atoms with Gasteiger partial charge >= 0.3 is 0 Å². The minimum atomic E-state index is -3.54. The van der Waals surface area contributed by atoms with Crippen LogP contribution in [0.25, 0.3) is 11.0 Å². The number of aromatic amines is 1. The van der Waals surface area contributed by atoms with Crippen LogP contribution in [0.2, 0.25) is 5.02 Å². The fourth-order valence-corrected chi connectivity index (χ4v) is 5.98. The van der Waals surface area contributed by atoms with E-state index in [1.807, 2.05) is 29.2 Å². The molecule has 1 aromatic heterocycles. The Morgan fingerprint density at radius 2 is 1.92 bits per heavy atom. The normalized spacial score (nSPS) is 15.9. The molecule has 206 valence electrons. The number of aromatic nitrogens is 2. The van der Waals surface area contributed by atoms with Gasteiger partial charge in [0.15, 0.2) is 0 Å². The fourth-order valence-electron chi connectivity index (χ4n) is 4.83. The predicted octanol–water partition coefficient (Wildman–Crippen LogP) is 4.07. The van der Waals surface area contributed by atoms with Crippen molar-refractivity contribution in [3.8, 4) is 5.75 Å². The van der Waals surface area contributed by atoms with Crippen LogP contribution in [0.1, 0.15) is 38.1 Å². The zero-order valence-electron chi connectivity index (χ0n) is 22.4. The molecule has 1 aliphatic rings. The van der Waals surface area contributed by atoms with Crippen molar-refractivity contribution in [3.05, 3.63) is 52.8 Å². The molecule has 1 aliphatic heterocycles. The van der Waals surface area contributed by atoms with Gasteiger partial charge in [0.25, 0.3) is 0 Å². The van der Waals surface area contributed by atoms with Crippen molar-refractivity contribution in [1.29, 1.82) is 0 Å². The topological polar surface area (TPSA) is 98.8 Å². The molecule has 0 fully saturated rings. The Hall–Kier alpha value is -2.82. The third-order valence-electron chi connectivity index (χ3n) is 6.94. The summed E-state index contributed by atoms with van der Waals surface area (Å²) in [5.74, 6) is 1.46. The molecule has 0 aliphatic carbocycles. The van der Waals surface area contributed by atoms with Crippen LogP contribution in [0, 0.1) is 0 Å². The summed E-state index contributed by atoms with van der Waals surface area (Å²) in [6.07, 6.45) is 2.62. The highest BCUT2D eigenvalue weighted by atomic mass is 35.5. The molecule has 11 heteroatoms. The molecule has 0 unspecified atom stereocenters. The number of hydrogen-bond donors (Lipinski definition) is 1. The number of amides is 1. The Kier molecular flexibility index (Phi) is 8.85. The van der Waals surface area contributed by atoms with Crippen molar-refractivity contribution < 1.29 is 17.9 Å². The van der Waals surface area contributed by atoms with E-state index in [1.54, 1.807) is 19.2 Å². The van der Waals surface area contributed by atoms with Gasteiger partial charge in [-0.25, -0.2) is 13.4 Å². The first-order valence-electron chi connectivity index (χ1n) is 12.9. The number of sulfonamides is 1. The summed E-state index contributed by atoms with van der Waals surface area (Å²) in [7, 11) is -1.92. The molecule has 1 amide bonds. The molecule has 2 aromatic carbocycles. The maximum Gasteiger partial charge on any atom is 0.232 e. The number of rotatable bonds is 6. The van der Waals surface area contributed by atoms with Gasteiger partial charge in [-0.1, -0.05) is 17.7 Å². The highest BCUT2D eigenvalue weighted by Crippen LogP contribution is 2.29. The molecule has 3 aromatic rings. The lowest BCUT2D eigenvalue weighted by Gasteiger charge is -2.30. The van der Waals surface area contributed by atoms with Crippen LogP contribution >= 0.6 is 11.6 Å². The number of anilines is 1. The first kappa shape index (κ1) is 28.2. The van der Waals surface area contributed by atoms with E-state index >= 15 is 0 Å². The van der Waals surface area contributed by atoms with Crippen LogP contribution < -0.4 is 9.04 Å². The number of nitrogens with one attached hydrogen (secondary N) is 1. The van der Waals surface area contributed by atoms with Crippen molar-refractivity contribution in [1.82, 2.24) is 19.8 Å². The Balaban J connectivity index is 1.60. The SMILES string of the molecule is COc1ccc2nc(CCC(=O)N3CCN(C(C)C)CCCN(S(C)(=O)=O)c4cc(Cl)ccc4C3)[nH]c2c1. The number of ether oxygens (including phenoxy) is 1. The molecule has 0 bridgehead atoms. The van der Waals surface area contributed by atoms with E-state index in [2.05, 4.69) is 28.7 Å². The van der Waals surface area contributed by atoms with Gasteiger partial charge in [-0.05, 0) is 50.1 Å². The number of benzene rings is 2. The van der Waals surface area contributed by atoms with Crippen LogP contribution in [0.3, 0.4) is 0 Å². The van der Waals surface area contributed by atoms with Gasteiger partial charge in [-0.3, -0.25) is 14.0 Å². The lowest BCUT2D eigenvalue weighted by atomic mass is 10.1. The summed E-state index contributed by atoms with van der Waals surface area (Å²) in [6.45, 7) is 6.84. The van der Waals surface area contributed by atoms with Crippen molar-refractivity contribution in [2.24, 2.45) is 0 Å². The number of H-pyrrole nitrogens is 1. The van der Waals surface area contributed by atoms with E-state index in [4.69, 9.17) is 16.3 Å². The molecular formula is C27H36ClN5O4S. The Morgan fingerprint density at radius 1 is 1.13 bits per heavy atom. The number of methoxy groups -OCH3 is 1. The first-order valence-corrected chi connectivity index (χ1v) is 15.1. The highest BCUT2D eigenvalue weighted by Gasteiger charge is 2.25. The van der Waals surface area contributed by atoms with E-state index in [-0.39, 0.29) is 18.4 Å². The second-order valence-electron chi connectivity index (χ2n) is 9.97. The largest absolute Gasteiger partial charge is 0.497 e. The van der Waals surface area contributed by atoms with Crippen molar-refractivity contribution in [2.45, 2.75) is 45.7 Å². The molecule has 0 atom stereocenters. The smallest absolute Gasteiger partial charge is 0.232 e. The number of imidazole rings is 1. The van der Waals surface area contributed by atoms with Crippen LogP contribution in [-0.4, -0.2) is 79.7 Å². The molecule has 9 nitrogen and oxygen atoms in total. The number of fused-ring (bicyclic) bond motifs is 2. The summed E-state index contributed by atoms with van der Waals surface area (Å²) in [6, 6.07) is 11.1. The van der Waals surface area contributed by atoms with E-state index < -0.39 is 10.0 Å². The maximum absolute atomic E-state index is 13.6. The van der Waals surface area contributed by atoms with Gasteiger partial charge < -0.3 is 14.6 Å². The Morgan fingerprint density at radius 3 is 2.63 bits per heavy atom. The number of carbonyl (C=O) groups excluding carboxylic acids is 1. The van der Waals surface area contributed by atoms with E-state index in [0.29, 0.717) is 49.7 Å². The van der Waals surface area contributed by atoms with Gasteiger partial charge in [-0.15, -0.1) is 0 Å². The molecule has 0 radical (unpaired) electrons. The average molecular weight is 562 g/mol. The van der Waals surface area contributed by atoms with Crippen molar-refractivity contribution in [3.63, 3.8) is 0 Å². The van der Waals surface area contributed by atoms with Gasteiger partial charge in [0.2, 0.25) is 15.9 Å². The fraction of sp³-hybridized carbons (Fsp3) is 0.481. The Labute approximate surface area is 229 Å². The summed E-state index contributed by atoms with van der Waals surface area (Å²) in [5, 5.41) is 0.454. The van der Waals surface area contributed by atoms with Crippen LogP contribution in [-0.2, 0) is 27.8 Å². The molecule has 2 heterocycles. The van der Waals surface area contributed by atoms with Gasteiger partial charge in [-0.2, -0.15) is 0 Å². The molecule has 1 N–H and O–H groups in total. The first-order chi connectivity index (χ1) is 18.0. The molecule has 0 spiro atoms. The third kappa shape index (κ3) is 6.78. The van der Waals surface area contributed by atoms with E-state index in [9.17, 15) is 13.2 Å². The zero-order chi connectivity index (χ0) is 27.4. The average Bonchev–Trinajstić information content (AvgIpc) is 3.26. The predicted molar refractivity (Wildman–Crippen MR) is 151 cm³/mol. The monoisotopic (exact) mass is 561 g/mol. The number of halogens is 1.